The lowest BCUT2D eigenvalue weighted by molar-refractivity contribution is 0.00333. The maximum Gasteiger partial charge on any atom is 0.189 e. The summed E-state index contributed by atoms with van der Waals surface area (Å²) < 4.78 is 16.3. The number of benzene rings is 2. The lowest BCUT2D eigenvalue weighted by atomic mass is 10.1. The van der Waals surface area contributed by atoms with Crippen molar-refractivity contribution in [3.63, 3.8) is 0 Å². The van der Waals surface area contributed by atoms with Crippen LogP contribution in [0.4, 0.5) is 0 Å². The summed E-state index contributed by atoms with van der Waals surface area (Å²) in [6.07, 6.45) is -0.611. The molecule has 0 aliphatic carbocycles. The quantitative estimate of drug-likeness (QED) is 0.627. The molecule has 1 unspecified atom stereocenters. The van der Waals surface area contributed by atoms with Crippen LogP contribution in [0.3, 0.4) is 0 Å². The number of rotatable bonds is 7. The summed E-state index contributed by atoms with van der Waals surface area (Å²) in [6, 6.07) is 15.2. The van der Waals surface area contributed by atoms with Gasteiger partial charge in [0.25, 0.3) is 0 Å². The van der Waals surface area contributed by atoms with Gasteiger partial charge in [-0.1, -0.05) is 30.3 Å². The lowest BCUT2D eigenvalue weighted by Gasteiger charge is -2.14. The van der Waals surface area contributed by atoms with Crippen LogP contribution < -0.4 is 9.47 Å². The lowest BCUT2D eigenvalue weighted by Crippen LogP contribution is -2.06. The highest BCUT2D eigenvalue weighted by molar-refractivity contribution is 5.41. The molecule has 4 nitrogen and oxygen atoms in total. The highest BCUT2D eigenvalue weighted by Crippen LogP contribution is 2.29. The van der Waals surface area contributed by atoms with Crippen LogP contribution in [0.2, 0.25) is 0 Å². The molecule has 0 radical (unpaired) electrons. The number of ether oxygens (including phenoxy) is 3. The van der Waals surface area contributed by atoms with E-state index in [2.05, 4.69) is 0 Å². The molecule has 2 aromatic rings. The molecule has 0 aliphatic rings. The minimum Gasteiger partial charge on any atom is -0.497 e. The Balaban J connectivity index is 1.92. The molecule has 4 heteroatoms. The molecule has 1 N–H and O–H groups in total. The molecule has 0 amide bonds. The van der Waals surface area contributed by atoms with Gasteiger partial charge in [0.1, 0.15) is 11.5 Å². The summed E-state index contributed by atoms with van der Waals surface area (Å²) in [5.41, 5.74) is 1.79. The Morgan fingerprint density at radius 3 is 2.52 bits per heavy atom. The van der Waals surface area contributed by atoms with Crippen molar-refractivity contribution in [3.05, 3.63) is 59.7 Å². The van der Waals surface area contributed by atoms with E-state index in [9.17, 15) is 5.11 Å². The fraction of sp³-hybridized carbons (Fsp3) is 0.294. The van der Waals surface area contributed by atoms with Gasteiger partial charge in [-0.25, -0.2) is 0 Å². The maximum absolute atomic E-state index is 9.74. The molecule has 0 fully saturated rings. The minimum atomic E-state index is -0.611. The average molecular weight is 288 g/mol. The van der Waals surface area contributed by atoms with E-state index in [4.69, 9.17) is 14.2 Å². The van der Waals surface area contributed by atoms with Gasteiger partial charge in [-0.3, -0.25) is 0 Å². The molecule has 0 saturated heterocycles. The maximum atomic E-state index is 9.74. The van der Waals surface area contributed by atoms with Gasteiger partial charge in [0.15, 0.2) is 6.79 Å². The van der Waals surface area contributed by atoms with Crippen molar-refractivity contribution in [1.29, 1.82) is 0 Å². The molecule has 0 aliphatic heterocycles. The second-order valence-electron chi connectivity index (χ2n) is 4.68. The molecule has 2 aromatic carbocycles. The number of aliphatic hydroxyl groups excluding tert-OH is 1. The Bertz CT molecular complexity index is 552. The Morgan fingerprint density at radius 1 is 1.10 bits per heavy atom. The molecule has 0 heterocycles. The van der Waals surface area contributed by atoms with E-state index >= 15 is 0 Å². The van der Waals surface area contributed by atoms with Crippen LogP contribution in [-0.4, -0.2) is 19.0 Å². The number of hydrogen-bond acceptors (Lipinski definition) is 4. The van der Waals surface area contributed by atoms with Gasteiger partial charge in [0.05, 0.1) is 19.8 Å². The van der Waals surface area contributed by atoms with Crippen LogP contribution in [0.25, 0.3) is 0 Å². The Morgan fingerprint density at radius 2 is 1.86 bits per heavy atom. The van der Waals surface area contributed by atoms with Crippen LogP contribution in [0.15, 0.2) is 48.5 Å². The molecule has 1 atom stereocenters. The Hall–Kier alpha value is -2.04. The van der Waals surface area contributed by atoms with Crippen molar-refractivity contribution in [1.82, 2.24) is 0 Å². The largest absolute Gasteiger partial charge is 0.497 e. The first-order chi connectivity index (χ1) is 10.2. The molecule has 2 rings (SSSR count). The SMILES string of the molecule is COc1ccc(C(C)O)c(OCOCc2ccccc2)c1. The van der Waals surface area contributed by atoms with Gasteiger partial charge >= 0.3 is 0 Å². The van der Waals surface area contributed by atoms with E-state index in [1.807, 2.05) is 30.3 Å². The molecule has 0 saturated carbocycles. The average Bonchev–Trinajstić information content (AvgIpc) is 2.52. The van der Waals surface area contributed by atoms with E-state index < -0.39 is 6.10 Å². The smallest absolute Gasteiger partial charge is 0.189 e. The molecular weight excluding hydrogens is 268 g/mol. The predicted octanol–water partition coefficient (Wildman–Crippen LogP) is 3.30. The molecule has 0 spiro atoms. The fourth-order valence-corrected chi connectivity index (χ4v) is 1.95. The summed E-state index contributed by atoms with van der Waals surface area (Å²) in [5, 5.41) is 9.74. The van der Waals surface area contributed by atoms with Crippen molar-refractivity contribution in [2.45, 2.75) is 19.6 Å². The van der Waals surface area contributed by atoms with E-state index in [1.165, 1.54) is 0 Å². The van der Waals surface area contributed by atoms with Crippen LogP contribution in [0.1, 0.15) is 24.2 Å². The highest BCUT2D eigenvalue weighted by atomic mass is 16.7. The van der Waals surface area contributed by atoms with E-state index in [1.54, 1.807) is 32.2 Å². The normalized spacial score (nSPS) is 12.0. The third-order valence-electron chi connectivity index (χ3n) is 3.08. The van der Waals surface area contributed by atoms with E-state index in [0.29, 0.717) is 23.7 Å². The number of hydrogen-bond donors (Lipinski definition) is 1. The predicted molar refractivity (Wildman–Crippen MR) is 80.4 cm³/mol. The van der Waals surface area contributed by atoms with Gasteiger partial charge in [-0.05, 0) is 24.6 Å². The summed E-state index contributed by atoms with van der Waals surface area (Å²) in [7, 11) is 1.59. The third kappa shape index (κ3) is 4.48. The van der Waals surface area contributed by atoms with Crippen molar-refractivity contribution in [2.24, 2.45) is 0 Å². The van der Waals surface area contributed by atoms with E-state index in [-0.39, 0.29) is 6.79 Å². The van der Waals surface area contributed by atoms with Crippen molar-refractivity contribution in [3.8, 4) is 11.5 Å². The molecule has 21 heavy (non-hydrogen) atoms. The molecule has 0 bridgehead atoms. The second-order valence-corrected chi connectivity index (χ2v) is 4.68. The number of methoxy groups -OCH3 is 1. The van der Waals surface area contributed by atoms with Gasteiger partial charge in [-0.15, -0.1) is 0 Å². The molecule has 112 valence electrons. The van der Waals surface area contributed by atoms with Crippen molar-refractivity contribution >= 4 is 0 Å². The summed E-state index contributed by atoms with van der Waals surface area (Å²) >= 11 is 0. The molecule has 0 aromatic heterocycles. The standard InChI is InChI=1S/C17H20O4/c1-13(18)16-9-8-15(19-2)10-17(16)21-12-20-11-14-6-4-3-5-7-14/h3-10,13,18H,11-12H2,1-2H3. The van der Waals surface area contributed by atoms with Gasteiger partial charge < -0.3 is 19.3 Å². The van der Waals surface area contributed by atoms with Crippen molar-refractivity contribution in [2.75, 3.05) is 13.9 Å². The second kappa shape index (κ2) is 7.67. The summed E-state index contributed by atoms with van der Waals surface area (Å²) in [5.74, 6) is 1.25. The zero-order valence-electron chi connectivity index (χ0n) is 12.3. The topological polar surface area (TPSA) is 47.9 Å². The first-order valence-electron chi connectivity index (χ1n) is 6.81. The van der Waals surface area contributed by atoms with Crippen molar-refractivity contribution < 1.29 is 19.3 Å². The van der Waals surface area contributed by atoms with Crippen LogP contribution in [-0.2, 0) is 11.3 Å². The Labute approximate surface area is 124 Å². The van der Waals surface area contributed by atoms with Crippen LogP contribution in [0, 0.1) is 0 Å². The highest BCUT2D eigenvalue weighted by Gasteiger charge is 2.10. The zero-order valence-corrected chi connectivity index (χ0v) is 12.3. The summed E-state index contributed by atoms with van der Waals surface area (Å²) in [4.78, 5) is 0. The van der Waals surface area contributed by atoms with Gasteiger partial charge in [-0.2, -0.15) is 0 Å². The van der Waals surface area contributed by atoms with Crippen LogP contribution >= 0.6 is 0 Å². The van der Waals surface area contributed by atoms with Crippen LogP contribution in [0.5, 0.6) is 11.5 Å². The summed E-state index contributed by atoms with van der Waals surface area (Å²) in [6.45, 7) is 2.29. The minimum absolute atomic E-state index is 0.113. The van der Waals surface area contributed by atoms with Gasteiger partial charge in [0.2, 0.25) is 0 Å². The third-order valence-corrected chi connectivity index (χ3v) is 3.08. The first kappa shape index (κ1) is 15.4. The monoisotopic (exact) mass is 288 g/mol. The Kier molecular flexibility index (Phi) is 5.60. The zero-order chi connectivity index (χ0) is 15.1. The fourth-order valence-electron chi connectivity index (χ4n) is 1.95. The first-order valence-corrected chi connectivity index (χ1v) is 6.81. The number of aliphatic hydroxyl groups is 1. The van der Waals surface area contributed by atoms with Gasteiger partial charge in [0, 0.05) is 11.6 Å². The van der Waals surface area contributed by atoms with E-state index in [0.717, 1.165) is 5.56 Å². The molecular formula is C17H20O4.